The molecule has 0 spiro atoms. The number of fused-ring (bicyclic) bond motifs is 1. The first kappa shape index (κ1) is 18.8. The van der Waals surface area contributed by atoms with Gasteiger partial charge in [0.15, 0.2) is 0 Å². The second-order valence-electron chi connectivity index (χ2n) is 6.22. The van der Waals surface area contributed by atoms with Gasteiger partial charge < -0.3 is 9.67 Å². The Morgan fingerprint density at radius 3 is 2.42 bits per heavy atom. The van der Waals surface area contributed by atoms with Crippen LogP contribution in [0.2, 0.25) is 10.0 Å². The Balaban J connectivity index is 2.55. The second-order valence-corrected chi connectivity index (χ2v) is 7.06. The molecule has 0 aliphatic rings. The van der Waals surface area contributed by atoms with Crippen LogP contribution in [0.5, 0.6) is 0 Å². The number of aliphatic hydroxyl groups excluding tert-OH is 1. The fraction of sp³-hybridized carbons (Fsp3) is 0.333. The van der Waals surface area contributed by atoms with E-state index in [1.165, 1.54) is 11.6 Å². The number of nitrogens with zero attached hydrogens (tertiary/aromatic N) is 3. The summed E-state index contributed by atoms with van der Waals surface area (Å²) in [6.45, 7) is 1.83. The van der Waals surface area contributed by atoms with E-state index in [0.29, 0.717) is 38.6 Å². The first-order valence-corrected chi connectivity index (χ1v) is 8.94. The van der Waals surface area contributed by atoms with E-state index < -0.39 is 11.2 Å². The molecule has 0 saturated heterocycles. The molecule has 0 unspecified atom stereocenters. The molecule has 2 heterocycles. The molecule has 0 aliphatic carbocycles. The number of aryl methyl sites for hydroxylation is 1. The molecule has 0 bridgehead atoms. The van der Waals surface area contributed by atoms with Gasteiger partial charge in [0.2, 0.25) is 0 Å². The molecule has 2 aromatic heterocycles. The van der Waals surface area contributed by atoms with Gasteiger partial charge in [-0.2, -0.15) is 0 Å². The monoisotopic (exact) mass is 395 g/mol. The van der Waals surface area contributed by atoms with E-state index >= 15 is 0 Å². The molecule has 3 rings (SSSR count). The summed E-state index contributed by atoms with van der Waals surface area (Å²) in [5.74, 6) is 0. The van der Waals surface area contributed by atoms with Gasteiger partial charge >= 0.3 is 5.69 Å². The quantitative estimate of drug-likeness (QED) is 0.737. The van der Waals surface area contributed by atoms with E-state index in [-0.39, 0.29) is 12.6 Å². The highest BCUT2D eigenvalue weighted by molar-refractivity contribution is 6.36. The van der Waals surface area contributed by atoms with E-state index in [9.17, 15) is 14.7 Å². The lowest BCUT2D eigenvalue weighted by atomic mass is 10.1. The molecule has 0 radical (unpaired) electrons. The number of benzene rings is 1. The summed E-state index contributed by atoms with van der Waals surface area (Å²) in [6.07, 6.45) is 2.37. The zero-order chi connectivity index (χ0) is 19.2. The Labute approximate surface area is 159 Å². The van der Waals surface area contributed by atoms with Crippen LogP contribution in [0.15, 0.2) is 34.0 Å². The summed E-state index contributed by atoms with van der Waals surface area (Å²) in [5.41, 5.74) is 0.861. The minimum atomic E-state index is -0.412. The number of aliphatic hydroxyl groups is 1. The molecule has 1 N–H and O–H groups in total. The molecular formula is C18H19Cl2N3O3. The van der Waals surface area contributed by atoms with Gasteiger partial charge in [-0.05, 0) is 24.6 Å². The molecule has 0 amide bonds. The lowest BCUT2D eigenvalue weighted by Crippen LogP contribution is -2.36. The molecule has 3 aromatic rings. The van der Waals surface area contributed by atoms with Crippen molar-refractivity contribution < 1.29 is 5.11 Å². The number of hydrogen-bond donors (Lipinski definition) is 1. The molecular weight excluding hydrogens is 377 g/mol. The molecule has 26 heavy (non-hydrogen) atoms. The number of rotatable bonds is 4. The highest BCUT2D eigenvalue weighted by atomic mass is 35.5. The van der Waals surface area contributed by atoms with Crippen molar-refractivity contribution in [2.45, 2.75) is 19.4 Å². The minimum Gasteiger partial charge on any atom is -0.394 e. The summed E-state index contributed by atoms with van der Waals surface area (Å²) < 4.78 is 4.31. The summed E-state index contributed by atoms with van der Waals surface area (Å²) in [4.78, 5) is 25.2. The van der Waals surface area contributed by atoms with Gasteiger partial charge in [-0.25, -0.2) is 4.79 Å². The largest absolute Gasteiger partial charge is 0.394 e. The lowest BCUT2D eigenvalue weighted by molar-refractivity contribution is 0.226. The van der Waals surface area contributed by atoms with Crippen molar-refractivity contribution in [2.75, 3.05) is 6.61 Å². The van der Waals surface area contributed by atoms with Crippen LogP contribution >= 0.6 is 23.2 Å². The molecule has 8 heteroatoms. The average molecular weight is 396 g/mol. The maximum Gasteiger partial charge on any atom is 0.330 e. The predicted molar refractivity (Wildman–Crippen MR) is 104 cm³/mol. The zero-order valence-electron chi connectivity index (χ0n) is 14.7. The van der Waals surface area contributed by atoms with Crippen molar-refractivity contribution in [1.29, 1.82) is 0 Å². The summed E-state index contributed by atoms with van der Waals surface area (Å²) >= 11 is 12.4. The Hall–Kier alpha value is -2.02. The van der Waals surface area contributed by atoms with Crippen LogP contribution in [0, 0.1) is 0 Å². The van der Waals surface area contributed by atoms with Gasteiger partial charge in [0.1, 0.15) is 0 Å². The van der Waals surface area contributed by atoms with Gasteiger partial charge in [0.25, 0.3) is 5.56 Å². The molecule has 1 atom stereocenters. The Morgan fingerprint density at radius 2 is 1.85 bits per heavy atom. The molecule has 138 valence electrons. The van der Waals surface area contributed by atoms with E-state index in [1.807, 2.05) is 11.5 Å². The van der Waals surface area contributed by atoms with Gasteiger partial charge in [0, 0.05) is 30.9 Å². The first-order valence-electron chi connectivity index (χ1n) is 8.18. The summed E-state index contributed by atoms with van der Waals surface area (Å²) in [5, 5.41) is 11.1. The molecule has 0 aliphatic heterocycles. The molecule has 6 nitrogen and oxygen atoms in total. The van der Waals surface area contributed by atoms with Crippen molar-refractivity contribution >= 4 is 34.1 Å². The van der Waals surface area contributed by atoms with E-state index in [4.69, 9.17) is 23.2 Å². The topological polar surface area (TPSA) is 69.2 Å². The van der Waals surface area contributed by atoms with Crippen LogP contribution in [-0.2, 0) is 14.1 Å². The third-order valence-corrected chi connectivity index (χ3v) is 5.28. The van der Waals surface area contributed by atoms with Gasteiger partial charge in [-0.15, -0.1) is 0 Å². The van der Waals surface area contributed by atoms with Crippen LogP contribution < -0.4 is 11.2 Å². The van der Waals surface area contributed by atoms with Crippen LogP contribution in [0.1, 0.15) is 19.4 Å². The Morgan fingerprint density at radius 1 is 1.15 bits per heavy atom. The third kappa shape index (κ3) is 2.78. The predicted octanol–water partition coefficient (Wildman–Crippen LogP) is 2.96. The van der Waals surface area contributed by atoms with Crippen LogP contribution in [0.4, 0.5) is 0 Å². The van der Waals surface area contributed by atoms with Crippen molar-refractivity contribution in [3.8, 4) is 11.3 Å². The van der Waals surface area contributed by atoms with E-state index in [2.05, 4.69) is 0 Å². The SMILES string of the molecule is CC[C@H](CO)n1cc2c(c1-c1ccc(Cl)cc1Cl)c(=O)n(C)c(=O)n2C. The number of halogens is 2. The third-order valence-electron chi connectivity index (χ3n) is 4.73. The van der Waals surface area contributed by atoms with Crippen molar-refractivity contribution in [1.82, 2.24) is 13.7 Å². The van der Waals surface area contributed by atoms with E-state index in [1.54, 1.807) is 31.4 Å². The van der Waals surface area contributed by atoms with Crippen LogP contribution in [-0.4, -0.2) is 25.4 Å². The summed E-state index contributed by atoms with van der Waals surface area (Å²) in [7, 11) is 3.06. The Bertz CT molecular complexity index is 1110. The van der Waals surface area contributed by atoms with Gasteiger partial charge in [0.05, 0.1) is 34.3 Å². The Kier molecular flexibility index (Phi) is 5.01. The zero-order valence-corrected chi connectivity index (χ0v) is 16.2. The number of aromatic nitrogens is 3. The highest BCUT2D eigenvalue weighted by Crippen LogP contribution is 2.36. The fourth-order valence-corrected chi connectivity index (χ4v) is 3.71. The van der Waals surface area contributed by atoms with Gasteiger partial charge in [-0.1, -0.05) is 30.1 Å². The summed E-state index contributed by atoms with van der Waals surface area (Å²) in [6, 6.07) is 4.78. The smallest absolute Gasteiger partial charge is 0.330 e. The van der Waals surface area contributed by atoms with E-state index in [0.717, 1.165) is 4.57 Å². The standard InChI is InChI=1S/C18H19Cl2N3O3/c1-4-11(9-24)23-8-14-15(17(25)22(3)18(26)21(14)2)16(23)12-6-5-10(19)7-13(12)20/h5-8,11,24H,4,9H2,1-3H3/t11-/m1/s1. The molecule has 0 saturated carbocycles. The van der Waals surface area contributed by atoms with Crippen LogP contribution in [0.25, 0.3) is 22.2 Å². The first-order chi connectivity index (χ1) is 12.3. The lowest BCUT2D eigenvalue weighted by Gasteiger charge is -2.18. The molecule has 0 fully saturated rings. The minimum absolute atomic E-state index is 0.107. The fourth-order valence-electron chi connectivity index (χ4n) is 3.22. The van der Waals surface area contributed by atoms with Gasteiger partial charge in [-0.3, -0.25) is 13.9 Å². The highest BCUT2D eigenvalue weighted by Gasteiger charge is 2.23. The maximum absolute atomic E-state index is 12.9. The maximum atomic E-state index is 12.9. The average Bonchev–Trinajstić information content (AvgIpc) is 2.99. The van der Waals surface area contributed by atoms with Crippen molar-refractivity contribution in [2.24, 2.45) is 14.1 Å². The molecule has 1 aromatic carbocycles. The van der Waals surface area contributed by atoms with Crippen molar-refractivity contribution in [3.63, 3.8) is 0 Å². The normalized spacial score (nSPS) is 12.7. The second kappa shape index (κ2) is 6.95. The van der Waals surface area contributed by atoms with Crippen molar-refractivity contribution in [3.05, 3.63) is 55.3 Å². The van der Waals surface area contributed by atoms with Crippen LogP contribution in [0.3, 0.4) is 0 Å². The number of hydrogen-bond acceptors (Lipinski definition) is 3.